The largest absolute Gasteiger partial charge is 0.352 e. The van der Waals surface area contributed by atoms with Gasteiger partial charge in [-0.1, -0.05) is 19.9 Å². The number of rotatable bonds is 6. The van der Waals surface area contributed by atoms with Crippen LogP contribution in [-0.2, 0) is 11.2 Å². The van der Waals surface area contributed by atoms with Gasteiger partial charge in [0.25, 0.3) is 0 Å². The monoisotopic (exact) mass is 235 g/mol. The summed E-state index contributed by atoms with van der Waals surface area (Å²) in [6.07, 6.45) is 4.72. The molecule has 1 heterocycles. The summed E-state index contributed by atoms with van der Waals surface area (Å²) in [5, 5.41) is 2.95. The number of aryl methyl sites for hydroxylation is 1. The third kappa shape index (κ3) is 4.95. The molecule has 4 nitrogen and oxygen atoms in total. The summed E-state index contributed by atoms with van der Waals surface area (Å²) < 4.78 is 0. The first-order chi connectivity index (χ1) is 8.13. The van der Waals surface area contributed by atoms with Gasteiger partial charge in [-0.25, -0.2) is 0 Å². The van der Waals surface area contributed by atoms with Crippen LogP contribution in [0.3, 0.4) is 0 Å². The van der Waals surface area contributed by atoms with Gasteiger partial charge in [0.2, 0.25) is 5.91 Å². The number of hydrogen-bond acceptors (Lipinski definition) is 3. The highest BCUT2D eigenvalue weighted by molar-refractivity contribution is 5.76. The molecule has 0 fully saturated rings. The summed E-state index contributed by atoms with van der Waals surface area (Å²) >= 11 is 0. The van der Waals surface area contributed by atoms with Crippen molar-refractivity contribution in [1.82, 2.24) is 10.3 Å². The predicted molar refractivity (Wildman–Crippen MR) is 68.4 cm³/mol. The molecule has 4 heteroatoms. The second kappa shape index (κ2) is 7.01. The van der Waals surface area contributed by atoms with Crippen LogP contribution in [0.2, 0.25) is 0 Å². The second-order valence-electron chi connectivity index (χ2n) is 4.51. The Bertz CT molecular complexity index is 338. The third-order valence-electron chi connectivity index (χ3n) is 2.77. The van der Waals surface area contributed by atoms with Crippen LogP contribution in [0.15, 0.2) is 24.5 Å². The van der Waals surface area contributed by atoms with Crippen LogP contribution in [0.4, 0.5) is 0 Å². The van der Waals surface area contributed by atoms with E-state index < -0.39 is 0 Å². The molecule has 1 aromatic rings. The van der Waals surface area contributed by atoms with Crippen LogP contribution in [-0.4, -0.2) is 23.5 Å². The molecule has 1 atom stereocenters. The molecule has 3 N–H and O–H groups in total. The van der Waals surface area contributed by atoms with Gasteiger partial charge in [0.05, 0.1) is 0 Å². The van der Waals surface area contributed by atoms with Crippen LogP contribution < -0.4 is 11.1 Å². The first kappa shape index (κ1) is 13.6. The Hall–Kier alpha value is -1.42. The summed E-state index contributed by atoms with van der Waals surface area (Å²) in [6.45, 7) is 4.59. The Labute approximate surface area is 103 Å². The molecule has 1 aromatic heterocycles. The smallest absolute Gasteiger partial charge is 0.220 e. The van der Waals surface area contributed by atoms with Crippen LogP contribution >= 0.6 is 0 Å². The van der Waals surface area contributed by atoms with Crippen molar-refractivity contribution in [3.05, 3.63) is 30.1 Å². The lowest BCUT2D eigenvalue weighted by atomic mass is 10.0. The van der Waals surface area contributed by atoms with E-state index in [0.717, 1.165) is 12.0 Å². The third-order valence-corrected chi connectivity index (χ3v) is 2.77. The minimum Gasteiger partial charge on any atom is -0.352 e. The molecule has 0 aliphatic heterocycles. The summed E-state index contributed by atoms with van der Waals surface area (Å²) in [5.74, 6) is 0.417. The van der Waals surface area contributed by atoms with Crippen LogP contribution in [0.5, 0.6) is 0 Å². The SMILES string of the molecule is CC(C)C(CN)NC(=O)CCc1cccnc1. The average Bonchev–Trinajstić information content (AvgIpc) is 2.34. The minimum absolute atomic E-state index is 0.0537. The van der Waals surface area contributed by atoms with Gasteiger partial charge < -0.3 is 11.1 Å². The number of carbonyl (C=O) groups is 1. The van der Waals surface area contributed by atoms with E-state index in [2.05, 4.69) is 24.1 Å². The molecule has 0 saturated heterocycles. The molecule has 1 amide bonds. The lowest BCUT2D eigenvalue weighted by molar-refractivity contribution is -0.122. The van der Waals surface area contributed by atoms with Crippen molar-refractivity contribution < 1.29 is 4.79 Å². The number of nitrogens with one attached hydrogen (secondary N) is 1. The zero-order chi connectivity index (χ0) is 12.7. The number of aromatic nitrogens is 1. The first-order valence-electron chi connectivity index (χ1n) is 6.01. The maximum absolute atomic E-state index is 11.7. The minimum atomic E-state index is 0.0537. The molecule has 0 radical (unpaired) electrons. The Morgan fingerprint density at radius 3 is 2.82 bits per heavy atom. The Morgan fingerprint density at radius 1 is 1.53 bits per heavy atom. The van der Waals surface area contributed by atoms with Crippen molar-refractivity contribution in [2.75, 3.05) is 6.54 Å². The lowest BCUT2D eigenvalue weighted by Gasteiger charge is -2.20. The molecule has 0 spiro atoms. The number of nitrogens with zero attached hydrogens (tertiary/aromatic N) is 1. The number of hydrogen-bond donors (Lipinski definition) is 2. The van der Waals surface area contributed by atoms with Gasteiger partial charge in [-0.3, -0.25) is 9.78 Å². The normalized spacial score (nSPS) is 12.5. The number of nitrogens with two attached hydrogens (primary N) is 1. The summed E-state index contributed by atoms with van der Waals surface area (Å²) in [7, 11) is 0. The van der Waals surface area contributed by atoms with Crippen molar-refractivity contribution in [2.45, 2.75) is 32.7 Å². The van der Waals surface area contributed by atoms with Gasteiger partial charge in [0.15, 0.2) is 0 Å². The standard InChI is InChI=1S/C13H21N3O/c1-10(2)12(8-14)16-13(17)6-5-11-4-3-7-15-9-11/h3-4,7,9-10,12H,5-6,8,14H2,1-2H3,(H,16,17). The Balaban J connectivity index is 2.35. The van der Waals surface area contributed by atoms with Gasteiger partial charge in [0.1, 0.15) is 0 Å². The Morgan fingerprint density at radius 2 is 2.29 bits per heavy atom. The second-order valence-corrected chi connectivity index (χ2v) is 4.51. The van der Waals surface area contributed by atoms with E-state index in [1.54, 1.807) is 12.4 Å². The molecule has 0 aliphatic carbocycles. The van der Waals surface area contributed by atoms with Gasteiger partial charge in [-0.05, 0) is 24.0 Å². The van der Waals surface area contributed by atoms with E-state index in [0.29, 0.717) is 18.9 Å². The van der Waals surface area contributed by atoms with Crippen molar-refractivity contribution in [2.24, 2.45) is 11.7 Å². The molecular formula is C13H21N3O. The van der Waals surface area contributed by atoms with E-state index in [1.807, 2.05) is 12.1 Å². The van der Waals surface area contributed by atoms with E-state index in [9.17, 15) is 4.79 Å². The molecule has 1 rings (SSSR count). The van der Waals surface area contributed by atoms with Crippen molar-refractivity contribution >= 4 is 5.91 Å². The molecule has 0 aromatic carbocycles. The topological polar surface area (TPSA) is 68.0 Å². The number of pyridine rings is 1. The first-order valence-corrected chi connectivity index (χ1v) is 6.01. The van der Waals surface area contributed by atoms with E-state index in [4.69, 9.17) is 5.73 Å². The summed E-state index contributed by atoms with van der Waals surface area (Å²) in [4.78, 5) is 15.7. The van der Waals surface area contributed by atoms with E-state index in [1.165, 1.54) is 0 Å². The van der Waals surface area contributed by atoms with Gasteiger partial charge in [-0.2, -0.15) is 0 Å². The fourth-order valence-electron chi connectivity index (χ4n) is 1.58. The maximum atomic E-state index is 11.7. The zero-order valence-corrected chi connectivity index (χ0v) is 10.5. The van der Waals surface area contributed by atoms with Gasteiger partial charge in [0, 0.05) is 31.4 Å². The fraction of sp³-hybridized carbons (Fsp3) is 0.538. The average molecular weight is 235 g/mol. The number of carbonyl (C=O) groups excluding carboxylic acids is 1. The van der Waals surface area contributed by atoms with Gasteiger partial charge in [-0.15, -0.1) is 0 Å². The predicted octanol–water partition coefficient (Wildman–Crippen LogP) is 1.11. The molecule has 94 valence electrons. The number of amides is 1. The fourth-order valence-corrected chi connectivity index (χ4v) is 1.58. The lowest BCUT2D eigenvalue weighted by Crippen LogP contribution is -2.43. The maximum Gasteiger partial charge on any atom is 0.220 e. The molecule has 0 aliphatic rings. The van der Waals surface area contributed by atoms with Crippen LogP contribution in [0, 0.1) is 5.92 Å². The van der Waals surface area contributed by atoms with Crippen molar-refractivity contribution in [1.29, 1.82) is 0 Å². The molecule has 17 heavy (non-hydrogen) atoms. The van der Waals surface area contributed by atoms with Crippen molar-refractivity contribution in [3.63, 3.8) is 0 Å². The van der Waals surface area contributed by atoms with E-state index >= 15 is 0 Å². The highest BCUT2D eigenvalue weighted by Gasteiger charge is 2.13. The van der Waals surface area contributed by atoms with Crippen LogP contribution in [0.1, 0.15) is 25.8 Å². The molecular weight excluding hydrogens is 214 g/mol. The van der Waals surface area contributed by atoms with Crippen LogP contribution in [0.25, 0.3) is 0 Å². The quantitative estimate of drug-likeness (QED) is 0.776. The highest BCUT2D eigenvalue weighted by atomic mass is 16.1. The molecule has 0 saturated carbocycles. The zero-order valence-electron chi connectivity index (χ0n) is 10.5. The van der Waals surface area contributed by atoms with E-state index in [-0.39, 0.29) is 11.9 Å². The molecule has 0 bridgehead atoms. The molecule has 1 unspecified atom stereocenters. The summed E-state index contributed by atoms with van der Waals surface area (Å²) in [6, 6.07) is 3.92. The van der Waals surface area contributed by atoms with Gasteiger partial charge >= 0.3 is 0 Å². The Kier molecular flexibility index (Phi) is 5.63. The van der Waals surface area contributed by atoms with Crippen molar-refractivity contribution in [3.8, 4) is 0 Å². The summed E-state index contributed by atoms with van der Waals surface area (Å²) in [5.41, 5.74) is 6.68. The highest BCUT2D eigenvalue weighted by Crippen LogP contribution is 2.03.